The molecule has 3 rings (SSSR count). The Kier molecular flexibility index (Phi) is 7.86. The third-order valence-electron chi connectivity index (χ3n) is 3.98. The number of amides is 1. The van der Waals surface area contributed by atoms with E-state index in [1.807, 2.05) is 13.8 Å². The van der Waals surface area contributed by atoms with Gasteiger partial charge in [-0.05, 0) is 37.6 Å². The van der Waals surface area contributed by atoms with Crippen molar-refractivity contribution in [2.45, 2.75) is 45.7 Å². The molecule has 2 heterocycles. The Morgan fingerprint density at radius 2 is 1.97 bits per heavy atom. The number of benzene rings is 1. The molecule has 11 heteroatoms. The van der Waals surface area contributed by atoms with Crippen LogP contribution in [0.15, 0.2) is 28.7 Å². The van der Waals surface area contributed by atoms with Gasteiger partial charge in [0, 0.05) is 23.7 Å². The van der Waals surface area contributed by atoms with Gasteiger partial charge in [-0.2, -0.15) is 0 Å². The molecule has 1 aromatic heterocycles. The van der Waals surface area contributed by atoms with Crippen LogP contribution in [0.5, 0.6) is 0 Å². The van der Waals surface area contributed by atoms with Gasteiger partial charge in [-0.1, -0.05) is 30.5 Å². The summed E-state index contributed by atoms with van der Waals surface area (Å²) in [6.45, 7) is 5.63. The average molecular weight is 435 g/mol. The van der Waals surface area contributed by atoms with Gasteiger partial charge in [0.2, 0.25) is 11.8 Å². The third-order valence-corrected chi connectivity index (χ3v) is 4.24. The number of anilines is 1. The monoisotopic (exact) mass is 434 g/mol. The molecular formula is C18H22ClF3N4O3. The number of nitrogens with zero attached hydrogens (tertiary/aromatic N) is 3. The van der Waals surface area contributed by atoms with Crippen molar-refractivity contribution in [3.63, 3.8) is 0 Å². The van der Waals surface area contributed by atoms with E-state index in [4.69, 9.17) is 16.0 Å². The number of ether oxygens (including phenoxy) is 1. The minimum absolute atomic E-state index is 0.0306. The fourth-order valence-electron chi connectivity index (χ4n) is 2.73. The number of aromatic nitrogens is 2. The molecule has 29 heavy (non-hydrogen) atoms. The predicted molar refractivity (Wildman–Crippen MR) is 101 cm³/mol. The van der Waals surface area contributed by atoms with Crippen LogP contribution in [0.1, 0.15) is 27.2 Å². The molecule has 1 aliphatic rings. The molecule has 7 nitrogen and oxygen atoms in total. The van der Waals surface area contributed by atoms with Crippen LogP contribution in [0.4, 0.5) is 19.2 Å². The van der Waals surface area contributed by atoms with Gasteiger partial charge >= 0.3 is 12.4 Å². The number of rotatable bonds is 5. The first kappa shape index (κ1) is 23.0. The molecule has 1 N–H and O–H groups in total. The number of alkyl halides is 3. The van der Waals surface area contributed by atoms with Crippen LogP contribution in [0.3, 0.4) is 0 Å². The Morgan fingerprint density at radius 1 is 1.31 bits per heavy atom. The van der Waals surface area contributed by atoms with Gasteiger partial charge in [0.1, 0.15) is 6.04 Å². The van der Waals surface area contributed by atoms with Gasteiger partial charge in [0.15, 0.2) is 0 Å². The predicted octanol–water partition coefficient (Wildman–Crippen LogP) is 4.35. The Hall–Kier alpha value is -2.33. The molecule has 1 amide bonds. The maximum atomic E-state index is 12.4. The van der Waals surface area contributed by atoms with Crippen LogP contribution in [-0.2, 0) is 9.53 Å². The molecule has 0 aliphatic carbocycles. The summed E-state index contributed by atoms with van der Waals surface area (Å²) in [5, 5.41) is 11.0. The molecule has 0 spiro atoms. The third kappa shape index (κ3) is 6.60. The van der Waals surface area contributed by atoms with E-state index in [-0.39, 0.29) is 37.3 Å². The lowest BCUT2D eigenvalue weighted by atomic mass is 10.2. The Labute approximate surface area is 171 Å². The van der Waals surface area contributed by atoms with Crippen LogP contribution in [0.25, 0.3) is 11.5 Å². The lowest BCUT2D eigenvalue weighted by molar-refractivity contribution is -0.340. The van der Waals surface area contributed by atoms with E-state index in [2.05, 4.69) is 20.3 Å². The molecule has 1 unspecified atom stereocenters. The van der Waals surface area contributed by atoms with Crippen molar-refractivity contribution in [2.24, 2.45) is 0 Å². The summed E-state index contributed by atoms with van der Waals surface area (Å²) in [7, 11) is 0. The second-order valence-electron chi connectivity index (χ2n) is 6.04. The number of nitrogens with one attached hydrogen (secondary N) is 1. The number of hydrogen-bond donors (Lipinski definition) is 1. The highest BCUT2D eigenvalue weighted by Gasteiger charge is 2.38. The van der Waals surface area contributed by atoms with Crippen LogP contribution in [-0.4, -0.2) is 52.6 Å². The molecule has 0 bridgehead atoms. The molecule has 2 aromatic rings. The van der Waals surface area contributed by atoms with Gasteiger partial charge in [-0.15, -0.1) is 18.3 Å². The maximum absolute atomic E-state index is 12.4. The summed E-state index contributed by atoms with van der Waals surface area (Å²) in [4.78, 5) is 13.7. The Morgan fingerprint density at radius 3 is 2.59 bits per heavy atom. The number of hydrogen-bond acceptors (Lipinski definition) is 6. The summed E-state index contributed by atoms with van der Waals surface area (Å²) in [6, 6.07) is 6.04. The van der Waals surface area contributed by atoms with Gasteiger partial charge < -0.3 is 14.6 Å². The smallest absolute Gasteiger partial charge is 0.403 e. The zero-order chi connectivity index (χ0) is 21.6. The summed E-state index contributed by atoms with van der Waals surface area (Å²) < 4.78 is 46.3. The first-order valence-electron chi connectivity index (χ1n) is 9.10. The minimum atomic E-state index is -4.71. The highest BCUT2D eigenvalue weighted by molar-refractivity contribution is 6.30. The summed E-state index contributed by atoms with van der Waals surface area (Å²) in [5.74, 6) is -0.136. The lowest BCUT2D eigenvalue weighted by Gasteiger charge is -2.21. The van der Waals surface area contributed by atoms with E-state index in [9.17, 15) is 18.0 Å². The van der Waals surface area contributed by atoms with Crippen LogP contribution >= 0.6 is 11.6 Å². The summed E-state index contributed by atoms with van der Waals surface area (Å²) in [6.07, 6.45) is -5.64. The number of carbonyl (C=O) groups excluding carboxylic acids is 1. The van der Waals surface area contributed by atoms with Gasteiger partial charge in [0.25, 0.3) is 0 Å². The first-order valence-corrected chi connectivity index (χ1v) is 9.48. The molecule has 1 aromatic carbocycles. The average Bonchev–Trinajstić information content (AvgIpc) is 3.32. The highest BCUT2D eigenvalue weighted by Crippen LogP contribution is 2.25. The molecule has 0 saturated carbocycles. The minimum Gasteiger partial charge on any atom is -0.403 e. The normalized spacial score (nSPS) is 17.5. The van der Waals surface area contributed by atoms with Crippen molar-refractivity contribution in [1.29, 1.82) is 0 Å². The van der Waals surface area contributed by atoms with Crippen LogP contribution in [0.2, 0.25) is 5.02 Å². The zero-order valence-electron chi connectivity index (χ0n) is 16.2. The quantitative estimate of drug-likeness (QED) is 0.753. The van der Waals surface area contributed by atoms with Crippen molar-refractivity contribution in [1.82, 2.24) is 15.1 Å². The molecule has 160 valence electrons. The van der Waals surface area contributed by atoms with Gasteiger partial charge in [0.05, 0.1) is 6.10 Å². The second kappa shape index (κ2) is 9.93. The standard InChI is InChI=1S/C16H16ClF3N4O3.C2H6/c1-9(14(25)24-7-6-12(8-24)27-16(18,19)20)21-15-23-22-13(26-15)10-2-4-11(17)5-3-10;1-2/h2-5,9,12H,6-8H2,1H3,(H,21,23);1-2H3/t9-,12?;/m1./s1. The van der Waals surface area contributed by atoms with Crippen molar-refractivity contribution in [2.75, 3.05) is 18.4 Å². The molecular weight excluding hydrogens is 413 g/mol. The van der Waals surface area contributed by atoms with Crippen LogP contribution in [0, 0.1) is 0 Å². The fourth-order valence-corrected chi connectivity index (χ4v) is 2.85. The Balaban J connectivity index is 0.00000145. The Bertz CT molecular complexity index is 798. The maximum Gasteiger partial charge on any atom is 0.522 e. The van der Waals surface area contributed by atoms with Gasteiger partial charge in [-0.3, -0.25) is 9.53 Å². The molecule has 1 saturated heterocycles. The topological polar surface area (TPSA) is 80.5 Å². The van der Waals surface area contributed by atoms with Crippen molar-refractivity contribution >= 4 is 23.5 Å². The summed E-state index contributed by atoms with van der Waals surface area (Å²) in [5.41, 5.74) is 0.658. The highest BCUT2D eigenvalue weighted by atomic mass is 35.5. The molecule has 1 aliphatic heterocycles. The molecule has 1 fully saturated rings. The van der Waals surface area contributed by atoms with Crippen molar-refractivity contribution in [3.8, 4) is 11.5 Å². The fraction of sp³-hybridized carbons (Fsp3) is 0.500. The summed E-state index contributed by atoms with van der Waals surface area (Å²) >= 11 is 5.82. The zero-order valence-corrected chi connectivity index (χ0v) is 16.9. The number of carbonyl (C=O) groups is 1. The van der Waals surface area contributed by atoms with Crippen molar-refractivity contribution in [3.05, 3.63) is 29.3 Å². The van der Waals surface area contributed by atoms with E-state index >= 15 is 0 Å². The van der Waals surface area contributed by atoms with E-state index < -0.39 is 18.5 Å². The lowest BCUT2D eigenvalue weighted by Crippen LogP contribution is -2.41. The van der Waals surface area contributed by atoms with Gasteiger partial charge in [-0.25, -0.2) is 0 Å². The van der Waals surface area contributed by atoms with E-state index in [0.29, 0.717) is 10.6 Å². The van der Waals surface area contributed by atoms with E-state index in [1.54, 1.807) is 31.2 Å². The van der Waals surface area contributed by atoms with Crippen molar-refractivity contribution < 1.29 is 27.1 Å². The van der Waals surface area contributed by atoms with E-state index in [0.717, 1.165) is 0 Å². The van der Waals surface area contributed by atoms with E-state index in [1.165, 1.54) is 4.90 Å². The largest absolute Gasteiger partial charge is 0.522 e. The first-order chi connectivity index (χ1) is 13.7. The molecule has 0 radical (unpaired) electrons. The van der Waals surface area contributed by atoms with Crippen LogP contribution < -0.4 is 5.32 Å². The second-order valence-corrected chi connectivity index (χ2v) is 6.48. The SMILES string of the molecule is CC.C[C@@H](Nc1nnc(-c2ccc(Cl)cc2)o1)C(=O)N1CCC(OC(F)(F)F)C1. The number of likely N-dealkylation sites (tertiary alicyclic amines) is 1. The molecule has 2 atom stereocenters. The number of halogens is 4.